The number of hydrogen-bond acceptors (Lipinski definition) is 0. The summed E-state index contributed by atoms with van der Waals surface area (Å²) in [4.78, 5) is 3.32. The molecular weight excluding hydrogens is 206 g/mol. The number of para-hydroxylation sites is 1. The van der Waals surface area contributed by atoms with Crippen molar-refractivity contribution in [3.63, 3.8) is 0 Å². The Hall–Kier alpha value is -2.02. The third-order valence-electron chi connectivity index (χ3n) is 3.19. The van der Waals surface area contributed by atoms with Crippen molar-refractivity contribution in [2.24, 2.45) is 0 Å². The quantitative estimate of drug-likeness (QED) is 0.671. The minimum Gasteiger partial charge on any atom is -0.361 e. The van der Waals surface area contributed by atoms with Crippen LogP contribution in [0.25, 0.3) is 10.9 Å². The number of nitrogens with one attached hydrogen (secondary N) is 1. The van der Waals surface area contributed by atoms with Crippen molar-refractivity contribution in [2.45, 2.75) is 13.3 Å². The molecule has 0 aliphatic carbocycles. The summed E-state index contributed by atoms with van der Waals surface area (Å²) in [5.74, 6) is 0. The van der Waals surface area contributed by atoms with Crippen molar-refractivity contribution < 1.29 is 0 Å². The zero-order chi connectivity index (χ0) is 11.7. The average molecular weight is 221 g/mol. The molecule has 0 atom stereocenters. The smallest absolute Gasteiger partial charge is 0.0456 e. The van der Waals surface area contributed by atoms with Crippen LogP contribution in [0.15, 0.2) is 54.7 Å². The van der Waals surface area contributed by atoms with Crippen LogP contribution in [-0.4, -0.2) is 4.98 Å². The lowest BCUT2D eigenvalue weighted by Gasteiger charge is -2.01. The van der Waals surface area contributed by atoms with Crippen molar-refractivity contribution in [1.82, 2.24) is 4.98 Å². The van der Waals surface area contributed by atoms with E-state index in [1.807, 2.05) is 0 Å². The first-order valence-corrected chi connectivity index (χ1v) is 5.93. The van der Waals surface area contributed by atoms with E-state index in [0.29, 0.717) is 0 Å². The molecule has 0 radical (unpaired) electrons. The summed E-state index contributed by atoms with van der Waals surface area (Å²) >= 11 is 0. The molecule has 0 bridgehead atoms. The van der Waals surface area contributed by atoms with Crippen LogP contribution in [0, 0.1) is 6.92 Å². The Morgan fingerprint density at radius 1 is 0.941 bits per heavy atom. The van der Waals surface area contributed by atoms with E-state index >= 15 is 0 Å². The monoisotopic (exact) mass is 221 g/mol. The molecule has 0 aliphatic rings. The van der Waals surface area contributed by atoms with Gasteiger partial charge in [-0.25, -0.2) is 0 Å². The summed E-state index contributed by atoms with van der Waals surface area (Å²) in [5, 5.41) is 1.33. The average Bonchev–Trinajstić information content (AvgIpc) is 2.76. The molecule has 0 aliphatic heterocycles. The molecule has 3 rings (SSSR count). The van der Waals surface area contributed by atoms with Gasteiger partial charge in [0, 0.05) is 17.1 Å². The standard InChI is InChI=1S/C16H15N/c1-12-6-8-13(9-7-12)10-14-11-17-16-5-3-2-4-15(14)16/h2-9,11,17H,10H2,1H3. The number of fused-ring (bicyclic) bond motifs is 1. The van der Waals surface area contributed by atoms with Crippen LogP contribution in [0.2, 0.25) is 0 Å². The number of hydrogen-bond donors (Lipinski definition) is 1. The minimum atomic E-state index is 0.990. The van der Waals surface area contributed by atoms with Gasteiger partial charge in [-0.05, 0) is 30.5 Å². The molecule has 3 aromatic rings. The number of aromatic nitrogens is 1. The van der Waals surface area contributed by atoms with Gasteiger partial charge in [-0.1, -0.05) is 48.0 Å². The summed E-state index contributed by atoms with van der Waals surface area (Å²) in [6.45, 7) is 2.12. The minimum absolute atomic E-state index is 0.990. The number of benzene rings is 2. The molecule has 1 nitrogen and oxygen atoms in total. The van der Waals surface area contributed by atoms with Crippen LogP contribution in [-0.2, 0) is 6.42 Å². The zero-order valence-corrected chi connectivity index (χ0v) is 9.90. The summed E-state index contributed by atoms with van der Waals surface area (Å²) in [6.07, 6.45) is 3.11. The molecule has 1 aromatic heterocycles. The lowest BCUT2D eigenvalue weighted by molar-refractivity contribution is 1.20. The highest BCUT2D eigenvalue weighted by atomic mass is 14.7. The molecule has 0 amide bonds. The van der Waals surface area contributed by atoms with E-state index in [2.05, 4.69) is 66.6 Å². The topological polar surface area (TPSA) is 15.8 Å². The first-order chi connectivity index (χ1) is 8.33. The predicted molar refractivity (Wildman–Crippen MR) is 72.3 cm³/mol. The lowest BCUT2D eigenvalue weighted by atomic mass is 10.0. The predicted octanol–water partition coefficient (Wildman–Crippen LogP) is 4.07. The summed E-state index contributed by atoms with van der Waals surface area (Å²) in [7, 11) is 0. The molecule has 84 valence electrons. The first kappa shape index (κ1) is 10.2. The number of aromatic amines is 1. The van der Waals surface area contributed by atoms with Gasteiger partial charge in [-0.3, -0.25) is 0 Å². The number of rotatable bonds is 2. The third-order valence-corrected chi connectivity index (χ3v) is 3.19. The van der Waals surface area contributed by atoms with Crippen molar-refractivity contribution in [2.75, 3.05) is 0 Å². The second-order valence-corrected chi connectivity index (χ2v) is 4.52. The highest BCUT2D eigenvalue weighted by Crippen LogP contribution is 2.20. The highest BCUT2D eigenvalue weighted by molar-refractivity contribution is 5.83. The SMILES string of the molecule is Cc1ccc(Cc2c[nH]c3ccccc23)cc1. The summed E-state index contributed by atoms with van der Waals surface area (Å²) in [6, 6.07) is 17.2. The van der Waals surface area contributed by atoms with Gasteiger partial charge in [-0.15, -0.1) is 0 Å². The normalized spacial score (nSPS) is 10.9. The lowest BCUT2D eigenvalue weighted by Crippen LogP contribution is -1.86. The van der Waals surface area contributed by atoms with Crippen LogP contribution < -0.4 is 0 Å². The Morgan fingerprint density at radius 3 is 2.53 bits per heavy atom. The highest BCUT2D eigenvalue weighted by Gasteiger charge is 2.03. The van der Waals surface area contributed by atoms with Gasteiger partial charge in [0.2, 0.25) is 0 Å². The van der Waals surface area contributed by atoms with Gasteiger partial charge in [0.25, 0.3) is 0 Å². The Morgan fingerprint density at radius 2 is 1.71 bits per heavy atom. The van der Waals surface area contributed by atoms with Crippen molar-refractivity contribution in [1.29, 1.82) is 0 Å². The fourth-order valence-corrected chi connectivity index (χ4v) is 2.20. The van der Waals surface area contributed by atoms with Gasteiger partial charge in [-0.2, -0.15) is 0 Å². The van der Waals surface area contributed by atoms with E-state index in [9.17, 15) is 0 Å². The van der Waals surface area contributed by atoms with Gasteiger partial charge in [0.15, 0.2) is 0 Å². The van der Waals surface area contributed by atoms with E-state index in [1.54, 1.807) is 0 Å². The number of H-pyrrole nitrogens is 1. The summed E-state index contributed by atoms with van der Waals surface area (Å²) in [5.41, 5.74) is 5.26. The maximum absolute atomic E-state index is 3.32. The van der Waals surface area contributed by atoms with Gasteiger partial charge < -0.3 is 4.98 Å². The van der Waals surface area contributed by atoms with E-state index < -0.39 is 0 Å². The van der Waals surface area contributed by atoms with Crippen LogP contribution in [0.3, 0.4) is 0 Å². The van der Waals surface area contributed by atoms with E-state index in [1.165, 1.54) is 27.6 Å². The summed E-state index contributed by atoms with van der Waals surface area (Å²) < 4.78 is 0. The Bertz CT molecular complexity index is 632. The molecule has 0 saturated carbocycles. The second kappa shape index (κ2) is 4.10. The third kappa shape index (κ3) is 1.96. The van der Waals surface area contributed by atoms with E-state index in [4.69, 9.17) is 0 Å². The van der Waals surface area contributed by atoms with E-state index in [-0.39, 0.29) is 0 Å². The van der Waals surface area contributed by atoms with Gasteiger partial charge in [0.05, 0.1) is 0 Å². The van der Waals surface area contributed by atoms with Crippen LogP contribution >= 0.6 is 0 Å². The Kier molecular flexibility index (Phi) is 2.45. The molecule has 1 heterocycles. The van der Waals surface area contributed by atoms with Crippen LogP contribution in [0.4, 0.5) is 0 Å². The van der Waals surface area contributed by atoms with Crippen LogP contribution in [0.5, 0.6) is 0 Å². The molecule has 0 unspecified atom stereocenters. The Labute approximate surface area is 101 Å². The fraction of sp³-hybridized carbons (Fsp3) is 0.125. The maximum Gasteiger partial charge on any atom is 0.0456 e. The number of aryl methyl sites for hydroxylation is 1. The largest absolute Gasteiger partial charge is 0.361 e. The van der Waals surface area contributed by atoms with Crippen molar-refractivity contribution >= 4 is 10.9 Å². The van der Waals surface area contributed by atoms with Crippen LogP contribution in [0.1, 0.15) is 16.7 Å². The second-order valence-electron chi connectivity index (χ2n) is 4.52. The van der Waals surface area contributed by atoms with E-state index in [0.717, 1.165) is 6.42 Å². The molecule has 2 aromatic carbocycles. The van der Waals surface area contributed by atoms with Crippen molar-refractivity contribution in [3.8, 4) is 0 Å². The zero-order valence-electron chi connectivity index (χ0n) is 9.90. The molecule has 0 fully saturated rings. The molecular formula is C16H15N. The van der Waals surface area contributed by atoms with Gasteiger partial charge in [0.1, 0.15) is 0 Å². The van der Waals surface area contributed by atoms with Gasteiger partial charge >= 0.3 is 0 Å². The molecule has 0 saturated heterocycles. The fourth-order valence-electron chi connectivity index (χ4n) is 2.20. The molecule has 1 heteroatoms. The molecule has 1 N–H and O–H groups in total. The van der Waals surface area contributed by atoms with Crippen molar-refractivity contribution in [3.05, 3.63) is 71.4 Å². The molecule has 17 heavy (non-hydrogen) atoms. The molecule has 0 spiro atoms. The Balaban J connectivity index is 1.97. The first-order valence-electron chi connectivity index (χ1n) is 5.93. The maximum atomic E-state index is 3.32.